The van der Waals surface area contributed by atoms with E-state index in [2.05, 4.69) is 10.3 Å². The second-order valence-corrected chi connectivity index (χ2v) is 12.0. The molecule has 0 atom stereocenters. The van der Waals surface area contributed by atoms with E-state index < -0.39 is 0 Å². The molecule has 1 aliphatic heterocycles. The Morgan fingerprint density at radius 1 is 0.654 bits per heavy atom. The van der Waals surface area contributed by atoms with Crippen LogP contribution in [0.25, 0.3) is 22.3 Å². The van der Waals surface area contributed by atoms with Crippen LogP contribution in [-0.4, -0.2) is 71.3 Å². The molecule has 0 radical (unpaired) electrons. The van der Waals surface area contributed by atoms with E-state index in [-0.39, 0.29) is 36.1 Å². The predicted molar refractivity (Wildman–Crippen MR) is 191 cm³/mol. The first-order valence-corrected chi connectivity index (χ1v) is 17.0. The number of ether oxygens (including phenoxy) is 4. The van der Waals surface area contributed by atoms with Crippen molar-refractivity contribution in [1.82, 2.24) is 19.9 Å². The van der Waals surface area contributed by atoms with E-state index in [9.17, 15) is 14.4 Å². The van der Waals surface area contributed by atoms with Crippen LogP contribution >= 0.6 is 0 Å². The average Bonchev–Trinajstić information content (AvgIpc) is 3.74. The van der Waals surface area contributed by atoms with E-state index in [0.717, 1.165) is 5.56 Å². The van der Waals surface area contributed by atoms with Crippen LogP contribution < -0.4 is 14.9 Å². The first-order valence-electron chi connectivity index (χ1n) is 17.0. The molecule has 52 heavy (non-hydrogen) atoms. The zero-order valence-corrected chi connectivity index (χ0v) is 28.3. The molecular weight excluding hydrogens is 664 g/mol. The normalized spacial score (nSPS) is 12.4. The maximum Gasteiger partial charge on any atom is 0.261 e. The van der Waals surface area contributed by atoms with Crippen LogP contribution in [0, 0.1) is 0 Å². The third-order valence-corrected chi connectivity index (χ3v) is 8.49. The number of imide groups is 1. The molecule has 6 aromatic rings. The molecule has 4 aromatic carbocycles. The van der Waals surface area contributed by atoms with E-state index >= 15 is 0 Å². The van der Waals surface area contributed by atoms with Crippen LogP contribution in [0.3, 0.4) is 0 Å². The zero-order valence-electron chi connectivity index (χ0n) is 28.3. The van der Waals surface area contributed by atoms with Crippen molar-refractivity contribution in [3.8, 4) is 22.8 Å². The van der Waals surface area contributed by atoms with Gasteiger partial charge in [0.2, 0.25) is 11.2 Å². The van der Waals surface area contributed by atoms with Gasteiger partial charge < -0.3 is 23.4 Å². The van der Waals surface area contributed by atoms with Crippen molar-refractivity contribution in [3.63, 3.8) is 0 Å². The Bertz CT molecular complexity index is 2180. The Morgan fingerprint density at radius 3 is 2.10 bits per heavy atom. The number of benzene rings is 4. The van der Waals surface area contributed by atoms with E-state index in [0.29, 0.717) is 90.9 Å². The Kier molecular flexibility index (Phi) is 10.7. The molecule has 7 rings (SSSR count). The van der Waals surface area contributed by atoms with Crippen molar-refractivity contribution in [2.75, 3.05) is 39.6 Å². The molecule has 0 saturated carbocycles. The Hall–Kier alpha value is -6.11. The highest BCUT2D eigenvalue weighted by molar-refractivity contribution is 6.21. The number of carbonyl (C=O) groups excluding carboxylic acids is 2. The Labute approximate surface area is 299 Å². The minimum atomic E-state index is -0.279. The number of hydrogen-bond donors (Lipinski definition) is 0. The number of fused-ring (bicyclic) bond motifs is 2. The summed E-state index contributed by atoms with van der Waals surface area (Å²) in [6.45, 7) is 2.92. The van der Waals surface area contributed by atoms with Gasteiger partial charge in [0.25, 0.3) is 11.8 Å². The Morgan fingerprint density at radius 2 is 1.33 bits per heavy atom. The summed E-state index contributed by atoms with van der Waals surface area (Å²) in [5, 5.41) is 8.73. The molecule has 12 heteroatoms. The second-order valence-electron chi connectivity index (χ2n) is 12.0. The number of para-hydroxylation sites is 1. The minimum absolute atomic E-state index is 0.162. The van der Waals surface area contributed by atoms with Gasteiger partial charge in [0.1, 0.15) is 24.5 Å². The lowest BCUT2D eigenvalue weighted by Gasteiger charge is -2.12. The molecule has 2 aromatic heterocycles. The summed E-state index contributed by atoms with van der Waals surface area (Å²) in [7, 11) is 0. The number of carbonyl (C=O) groups is 2. The van der Waals surface area contributed by atoms with E-state index in [4.69, 9.17) is 23.4 Å². The lowest BCUT2D eigenvalue weighted by molar-refractivity contribution is 0.0333. The topological polar surface area (TPSA) is 135 Å². The number of amides is 2. The lowest BCUT2D eigenvalue weighted by atomic mass is 10.1. The summed E-state index contributed by atoms with van der Waals surface area (Å²) in [5.74, 6) is 0.612. The van der Waals surface area contributed by atoms with Crippen molar-refractivity contribution in [3.05, 3.63) is 142 Å². The van der Waals surface area contributed by atoms with Crippen LogP contribution in [-0.2, 0) is 29.0 Å². The van der Waals surface area contributed by atoms with E-state index in [1.54, 1.807) is 53.3 Å². The highest BCUT2D eigenvalue weighted by Crippen LogP contribution is 2.32. The maximum atomic E-state index is 13.4. The third kappa shape index (κ3) is 7.93. The maximum absolute atomic E-state index is 13.4. The van der Waals surface area contributed by atoms with Gasteiger partial charge in [-0.05, 0) is 54.1 Å². The highest BCUT2D eigenvalue weighted by atomic mass is 16.5. The first-order chi connectivity index (χ1) is 25.5. The summed E-state index contributed by atoms with van der Waals surface area (Å²) in [4.78, 5) is 39.8. The molecule has 0 saturated heterocycles. The molecule has 0 aliphatic carbocycles. The van der Waals surface area contributed by atoms with Gasteiger partial charge in [0, 0.05) is 24.7 Å². The summed E-state index contributed by atoms with van der Waals surface area (Å²) in [5.41, 5.74) is 3.45. The van der Waals surface area contributed by atoms with E-state index in [1.807, 2.05) is 60.7 Å². The number of rotatable bonds is 17. The number of aromatic nitrogens is 3. The largest absolute Gasteiger partial charge is 0.491 e. The van der Waals surface area contributed by atoms with Crippen LogP contribution in [0.5, 0.6) is 11.5 Å². The zero-order chi connectivity index (χ0) is 35.7. The van der Waals surface area contributed by atoms with Gasteiger partial charge in [0.15, 0.2) is 5.76 Å². The summed E-state index contributed by atoms with van der Waals surface area (Å²) < 4.78 is 31.1. The van der Waals surface area contributed by atoms with Crippen molar-refractivity contribution in [1.29, 1.82) is 0 Å². The molecule has 0 fully saturated rings. The first kappa shape index (κ1) is 34.3. The van der Waals surface area contributed by atoms with Gasteiger partial charge in [-0.15, -0.1) is 5.10 Å². The predicted octanol–water partition coefficient (Wildman–Crippen LogP) is 5.58. The summed E-state index contributed by atoms with van der Waals surface area (Å²) in [6, 6.07) is 30.9. The lowest BCUT2D eigenvalue weighted by Crippen LogP contribution is -2.31. The Balaban J connectivity index is 0.810. The fourth-order valence-electron chi connectivity index (χ4n) is 5.81. The van der Waals surface area contributed by atoms with Crippen LogP contribution in [0.2, 0.25) is 0 Å². The average molecular weight is 701 g/mol. The SMILES string of the molecule is O=C1c2ccccc2C(=O)N1CCc1cn(CCOCCOCCOc2ccc(-c3oc4ccccc4c(=O)c3OCc3ccccc3)cc2)nn1. The van der Waals surface area contributed by atoms with Crippen LogP contribution in [0.15, 0.2) is 119 Å². The van der Waals surface area contributed by atoms with Gasteiger partial charge in [-0.3, -0.25) is 19.3 Å². The minimum Gasteiger partial charge on any atom is -0.491 e. The van der Waals surface area contributed by atoms with Gasteiger partial charge >= 0.3 is 0 Å². The molecule has 2 amide bonds. The summed E-state index contributed by atoms with van der Waals surface area (Å²) >= 11 is 0. The van der Waals surface area contributed by atoms with Gasteiger partial charge in [-0.2, -0.15) is 0 Å². The second kappa shape index (κ2) is 16.3. The van der Waals surface area contributed by atoms with Gasteiger partial charge in [-0.25, -0.2) is 4.68 Å². The molecular formula is C40H36N4O8. The fourth-order valence-corrected chi connectivity index (χ4v) is 5.81. The molecule has 0 bridgehead atoms. The van der Waals surface area contributed by atoms with Gasteiger partial charge in [-0.1, -0.05) is 59.8 Å². The van der Waals surface area contributed by atoms with E-state index in [1.165, 1.54) is 4.90 Å². The van der Waals surface area contributed by atoms with Crippen molar-refractivity contribution in [2.24, 2.45) is 0 Å². The molecule has 264 valence electrons. The van der Waals surface area contributed by atoms with Crippen molar-refractivity contribution >= 4 is 22.8 Å². The number of hydrogen-bond acceptors (Lipinski definition) is 10. The smallest absolute Gasteiger partial charge is 0.261 e. The molecule has 0 spiro atoms. The summed E-state index contributed by atoms with van der Waals surface area (Å²) in [6.07, 6.45) is 2.21. The fraction of sp³-hybridized carbons (Fsp3) is 0.225. The molecule has 0 N–H and O–H groups in total. The standard InChI is InChI=1S/C40H36N4O8/c45-36-34-12-6-7-13-35(34)52-37(38(36)51-27-28-8-2-1-3-9-28)29-14-16-31(17-15-29)50-25-24-49-23-22-48-21-20-43-26-30(41-42-43)18-19-44-39(46)32-10-4-5-11-33(32)40(44)47/h1-17,26H,18-25,27H2. The van der Waals surface area contributed by atoms with Crippen LogP contribution in [0.4, 0.5) is 0 Å². The third-order valence-electron chi connectivity index (χ3n) is 8.49. The highest BCUT2D eigenvalue weighted by Gasteiger charge is 2.34. The molecule has 12 nitrogen and oxygen atoms in total. The van der Waals surface area contributed by atoms with Crippen molar-refractivity contribution in [2.45, 2.75) is 19.6 Å². The number of nitrogens with zero attached hydrogens (tertiary/aromatic N) is 4. The molecule has 3 heterocycles. The van der Waals surface area contributed by atoms with Gasteiger partial charge in [0.05, 0.1) is 55.2 Å². The van der Waals surface area contributed by atoms with Crippen molar-refractivity contribution < 1.29 is 33.0 Å². The molecule has 1 aliphatic rings. The molecule has 0 unspecified atom stereocenters. The van der Waals surface area contributed by atoms with Crippen LogP contribution in [0.1, 0.15) is 32.0 Å². The quantitative estimate of drug-likeness (QED) is 0.0877. The monoisotopic (exact) mass is 700 g/mol.